The van der Waals surface area contributed by atoms with E-state index in [0.717, 1.165) is 32.6 Å². The molecule has 0 fully saturated rings. The highest BCUT2D eigenvalue weighted by Gasteiger charge is 1.93. The standard InChI is InChI=1S/C12H28N2O3/c1-14(2)6-4-8-16-10-12-17-11-9-15-7-3-5-13/h3-13H2,1-2H3. The van der Waals surface area contributed by atoms with Crippen molar-refractivity contribution in [1.29, 1.82) is 0 Å². The van der Waals surface area contributed by atoms with Crippen LogP contribution in [0.4, 0.5) is 0 Å². The van der Waals surface area contributed by atoms with Gasteiger partial charge >= 0.3 is 0 Å². The van der Waals surface area contributed by atoms with E-state index in [2.05, 4.69) is 19.0 Å². The molecule has 0 aliphatic carbocycles. The van der Waals surface area contributed by atoms with Crippen molar-refractivity contribution in [2.45, 2.75) is 12.8 Å². The van der Waals surface area contributed by atoms with Crippen LogP contribution in [-0.4, -0.2) is 71.7 Å². The number of rotatable bonds is 13. The molecule has 0 unspecified atom stereocenters. The SMILES string of the molecule is CN(C)CCCOCCOCCOCCCN. The maximum absolute atomic E-state index is 5.42. The summed E-state index contributed by atoms with van der Waals surface area (Å²) in [5, 5.41) is 0. The van der Waals surface area contributed by atoms with Crippen LogP contribution in [0.25, 0.3) is 0 Å². The Kier molecular flexibility index (Phi) is 13.7. The molecule has 0 radical (unpaired) electrons. The van der Waals surface area contributed by atoms with Crippen molar-refractivity contribution in [2.24, 2.45) is 5.73 Å². The van der Waals surface area contributed by atoms with Crippen LogP contribution in [0, 0.1) is 0 Å². The minimum atomic E-state index is 0.631. The topological polar surface area (TPSA) is 57.0 Å². The van der Waals surface area contributed by atoms with Crippen molar-refractivity contribution in [3.8, 4) is 0 Å². The van der Waals surface area contributed by atoms with Gasteiger partial charge in [-0.2, -0.15) is 0 Å². The maximum atomic E-state index is 5.42. The summed E-state index contributed by atoms with van der Waals surface area (Å²) in [5.41, 5.74) is 5.34. The minimum Gasteiger partial charge on any atom is -0.379 e. The monoisotopic (exact) mass is 248 g/mol. The van der Waals surface area contributed by atoms with E-state index in [0.29, 0.717) is 33.0 Å². The van der Waals surface area contributed by atoms with Gasteiger partial charge in [0.05, 0.1) is 26.4 Å². The van der Waals surface area contributed by atoms with Gasteiger partial charge in [0.1, 0.15) is 0 Å². The van der Waals surface area contributed by atoms with Crippen LogP contribution in [0.5, 0.6) is 0 Å². The molecule has 0 saturated carbocycles. The summed E-state index contributed by atoms with van der Waals surface area (Å²) in [6.45, 7) is 5.84. The van der Waals surface area contributed by atoms with Crippen LogP contribution in [0.2, 0.25) is 0 Å². The molecule has 17 heavy (non-hydrogen) atoms. The molecule has 0 spiro atoms. The molecular weight excluding hydrogens is 220 g/mol. The average molecular weight is 248 g/mol. The van der Waals surface area contributed by atoms with Gasteiger partial charge in [0.15, 0.2) is 0 Å². The lowest BCUT2D eigenvalue weighted by Crippen LogP contribution is -2.16. The molecule has 104 valence electrons. The molecule has 0 aromatic rings. The Morgan fingerprint density at radius 2 is 1.24 bits per heavy atom. The molecule has 0 bridgehead atoms. The van der Waals surface area contributed by atoms with Crippen LogP contribution in [0.15, 0.2) is 0 Å². The van der Waals surface area contributed by atoms with Crippen LogP contribution < -0.4 is 5.73 Å². The Hall–Kier alpha value is -0.200. The molecule has 2 N–H and O–H groups in total. The summed E-state index contributed by atoms with van der Waals surface area (Å²) in [6.07, 6.45) is 1.98. The fourth-order valence-corrected chi connectivity index (χ4v) is 1.21. The highest BCUT2D eigenvalue weighted by molar-refractivity contribution is 4.42. The third-order valence-electron chi connectivity index (χ3n) is 2.13. The summed E-state index contributed by atoms with van der Waals surface area (Å²) in [7, 11) is 4.13. The van der Waals surface area contributed by atoms with Gasteiger partial charge in [-0.3, -0.25) is 0 Å². The summed E-state index contributed by atoms with van der Waals surface area (Å²) in [5.74, 6) is 0. The molecule has 0 aliphatic heterocycles. The Morgan fingerprint density at radius 1 is 0.765 bits per heavy atom. The van der Waals surface area contributed by atoms with E-state index in [9.17, 15) is 0 Å². The van der Waals surface area contributed by atoms with E-state index in [1.807, 2.05) is 0 Å². The third-order valence-corrected chi connectivity index (χ3v) is 2.13. The average Bonchev–Trinajstić information content (AvgIpc) is 2.30. The van der Waals surface area contributed by atoms with Gasteiger partial charge in [0, 0.05) is 13.2 Å². The van der Waals surface area contributed by atoms with E-state index in [-0.39, 0.29) is 0 Å². The number of hydrogen-bond acceptors (Lipinski definition) is 5. The number of nitrogens with two attached hydrogens (primary N) is 1. The first-order chi connectivity index (χ1) is 8.27. The summed E-state index contributed by atoms with van der Waals surface area (Å²) < 4.78 is 16.1. The maximum Gasteiger partial charge on any atom is 0.0701 e. The lowest BCUT2D eigenvalue weighted by atomic mass is 10.4. The Balaban J connectivity index is 2.89. The van der Waals surface area contributed by atoms with E-state index in [1.165, 1.54) is 0 Å². The van der Waals surface area contributed by atoms with Crippen molar-refractivity contribution in [2.75, 3.05) is 66.8 Å². The lowest BCUT2D eigenvalue weighted by molar-refractivity contribution is 0.0134. The Bertz CT molecular complexity index is 146. The van der Waals surface area contributed by atoms with E-state index < -0.39 is 0 Å². The van der Waals surface area contributed by atoms with E-state index >= 15 is 0 Å². The van der Waals surface area contributed by atoms with Crippen LogP contribution in [0.3, 0.4) is 0 Å². The first kappa shape index (κ1) is 16.8. The molecule has 0 aliphatic rings. The normalized spacial score (nSPS) is 11.3. The zero-order chi connectivity index (χ0) is 12.8. The van der Waals surface area contributed by atoms with Crippen LogP contribution in [0.1, 0.15) is 12.8 Å². The van der Waals surface area contributed by atoms with Crippen molar-refractivity contribution in [3.05, 3.63) is 0 Å². The smallest absolute Gasteiger partial charge is 0.0701 e. The van der Waals surface area contributed by atoms with Crippen LogP contribution >= 0.6 is 0 Å². The van der Waals surface area contributed by atoms with Gasteiger partial charge in [-0.1, -0.05) is 0 Å². The lowest BCUT2D eigenvalue weighted by Gasteiger charge is -2.09. The number of hydrogen-bond donors (Lipinski definition) is 1. The van der Waals surface area contributed by atoms with Crippen molar-refractivity contribution < 1.29 is 14.2 Å². The predicted molar refractivity (Wildman–Crippen MR) is 69.3 cm³/mol. The molecule has 0 saturated heterocycles. The quantitative estimate of drug-likeness (QED) is 0.476. The van der Waals surface area contributed by atoms with E-state index in [4.69, 9.17) is 19.9 Å². The van der Waals surface area contributed by atoms with Crippen molar-refractivity contribution in [3.63, 3.8) is 0 Å². The van der Waals surface area contributed by atoms with Crippen LogP contribution in [-0.2, 0) is 14.2 Å². The molecule has 0 aromatic heterocycles. The first-order valence-corrected chi connectivity index (χ1v) is 6.35. The van der Waals surface area contributed by atoms with Gasteiger partial charge < -0.3 is 24.8 Å². The van der Waals surface area contributed by atoms with Crippen molar-refractivity contribution >= 4 is 0 Å². The molecule has 0 rings (SSSR count). The second kappa shape index (κ2) is 13.9. The third kappa shape index (κ3) is 15.8. The second-order valence-corrected chi connectivity index (χ2v) is 4.14. The zero-order valence-corrected chi connectivity index (χ0v) is 11.3. The number of nitrogens with zero attached hydrogens (tertiary/aromatic N) is 1. The van der Waals surface area contributed by atoms with Crippen molar-refractivity contribution in [1.82, 2.24) is 4.90 Å². The molecule has 0 heterocycles. The molecule has 5 heteroatoms. The first-order valence-electron chi connectivity index (χ1n) is 6.35. The minimum absolute atomic E-state index is 0.631. The Labute approximate surface area is 105 Å². The fourth-order valence-electron chi connectivity index (χ4n) is 1.21. The van der Waals surface area contributed by atoms with Gasteiger partial charge in [0.25, 0.3) is 0 Å². The van der Waals surface area contributed by atoms with Gasteiger partial charge in [0.2, 0.25) is 0 Å². The highest BCUT2D eigenvalue weighted by atomic mass is 16.5. The summed E-state index contributed by atoms with van der Waals surface area (Å²) >= 11 is 0. The Morgan fingerprint density at radius 3 is 1.71 bits per heavy atom. The predicted octanol–water partition coefficient (Wildman–Crippen LogP) is 0.337. The number of ether oxygens (including phenoxy) is 3. The molecule has 0 aromatic carbocycles. The molecular formula is C12H28N2O3. The van der Waals surface area contributed by atoms with Gasteiger partial charge in [-0.05, 0) is 40.0 Å². The molecule has 0 atom stereocenters. The largest absolute Gasteiger partial charge is 0.379 e. The van der Waals surface area contributed by atoms with E-state index in [1.54, 1.807) is 0 Å². The summed E-state index contributed by atoms with van der Waals surface area (Å²) in [4.78, 5) is 2.15. The second-order valence-electron chi connectivity index (χ2n) is 4.14. The molecule has 5 nitrogen and oxygen atoms in total. The highest BCUT2D eigenvalue weighted by Crippen LogP contribution is 1.87. The van der Waals surface area contributed by atoms with Gasteiger partial charge in [-0.25, -0.2) is 0 Å². The molecule has 0 amide bonds. The zero-order valence-electron chi connectivity index (χ0n) is 11.3. The summed E-state index contributed by atoms with van der Waals surface area (Å²) in [6, 6.07) is 0. The fraction of sp³-hybridized carbons (Fsp3) is 1.00. The van der Waals surface area contributed by atoms with Gasteiger partial charge in [-0.15, -0.1) is 0 Å².